The van der Waals surface area contributed by atoms with Gasteiger partial charge in [0.25, 0.3) is 0 Å². The van der Waals surface area contributed by atoms with Crippen LogP contribution in [0.2, 0.25) is 0 Å². The van der Waals surface area contributed by atoms with Crippen LogP contribution >= 0.6 is 11.3 Å². The minimum atomic E-state index is -1.16. The van der Waals surface area contributed by atoms with Gasteiger partial charge in [-0.1, -0.05) is 20.8 Å². The van der Waals surface area contributed by atoms with Gasteiger partial charge in [-0.15, -0.1) is 11.3 Å². The number of ether oxygens (including phenoxy) is 1. The Morgan fingerprint density at radius 3 is 2.56 bits per heavy atom. The first-order chi connectivity index (χ1) is 12.5. The summed E-state index contributed by atoms with van der Waals surface area (Å²) < 4.78 is 5.19. The van der Waals surface area contributed by atoms with Crippen LogP contribution in [0.3, 0.4) is 0 Å². The van der Waals surface area contributed by atoms with E-state index in [2.05, 4.69) is 26.1 Å². The van der Waals surface area contributed by atoms with Crippen molar-refractivity contribution < 1.29 is 24.2 Å². The number of esters is 1. The van der Waals surface area contributed by atoms with E-state index in [1.54, 1.807) is 6.92 Å². The van der Waals surface area contributed by atoms with Crippen molar-refractivity contribution in [1.82, 2.24) is 0 Å². The minimum absolute atomic E-state index is 0.0701. The summed E-state index contributed by atoms with van der Waals surface area (Å²) in [6.45, 7) is 9.98. The Balaban J connectivity index is 2.38. The number of aliphatic carboxylic acids is 1. The monoisotopic (exact) mass is 393 g/mol. The number of fused-ring (bicyclic) bond motifs is 1. The number of nitrogens with one attached hydrogen (secondary N) is 1. The summed E-state index contributed by atoms with van der Waals surface area (Å²) in [5.41, 5.74) is 1.46. The summed E-state index contributed by atoms with van der Waals surface area (Å²) in [6.07, 6.45) is 3.62. The Hall–Kier alpha value is -2.15. The standard InChI is InChI=1S/C20H27NO5S/c1-6-26-19(25)16-13-8-7-12(20(3,4)5)10-14(13)27-17(16)21-15(22)9-11(2)18(23)24/h9,12H,6-8,10H2,1-5H3,(H,21,22)(H,23,24)/b11-9+/t12-/m0/s1. The van der Waals surface area contributed by atoms with Crippen LogP contribution in [-0.2, 0) is 27.2 Å². The van der Waals surface area contributed by atoms with E-state index in [0.29, 0.717) is 16.5 Å². The van der Waals surface area contributed by atoms with Gasteiger partial charge in [0.05, 0.1) is 12.2 Å². The highest BCUT2D eigenvalue weighted by Crippen LogP contribution is 2.44. The molecule has 0 saturated heterocycles. The van der Waals surface area contributed by atoms with Crippen LogP contribution in [0.5, 0.6) is 0 Å². The predicted octanol–water partition coefficient (Wildman–Crippen LogP) is 4.05. The van der Waals surface area contributed by atoms with Crippen molar-refractivity contribution in [2.24, 2.45) is 11.3 Å². The molecule has 0 spiro atoms. The van der Waals surface area contributed by atoms with Gasteiger partial charge in [0, 0.05) is 16.5 Å². The smallest absolute Gasteiger partial charge is 0.341 e. The van der Waals surface area contributed by atoms with Crippen LogP contribution in [-0.4, -0.2) is 29.6 Å². The van der Waals surface area contributed by atoms with Gasteiger partial charge >= 0.3 is 11.9 Å². The van der Waals surface area contributed by atoms with E-state index in [0.717, 1.165) is 35.8 Å². The third-order valence-electron chi connectivity index (χ3n) is 4.89. The lowest BCUT2D eigenvalue weighted by molar-refractivity contribution is -0.132. The molecular formula is C20H27NO5S. The van der Waals surface area contributed by atoms with Crippen molar-refractivity contribution in [1.29, 1.82) is 0 Å². The second-order valence-corrected chi connectivity index (χ2v) is 8.96. The highest BCUT2D eigenvalue weighted by atomic mass is 32.1. The van der Waals surface area contributed by atoms with E-state index < -0.39 is 17.8 Å². The molecule has 1 aromatic rings. The van der Waals surface area contributed by atoms with Crippen LogP contribution in [0.15, 0.2) is 11.6 Å². The Morgan fingerprint density at radius 2 is 2.00 bits per heavy atom. The molecule has 1 amide bonds. The summed E-state index contributed by atoms with van der Waals surface area (Å²) in [5.74, 6) is -1.67. The van der Waals surface area contributed by atoms with Crippen molar-refractivity contribution in [3.05, 3.63) is 27.7 Å². The molecule has 0 unspecified atom stereocenters. The van der Waals surface area contributed by atoms with E-state index in [4.69, 9.17) is 9.84 Å². The fourth-order valence-electron chi connectivity index (χ4n) is 3.24. The molecule has 2 rings (SSSR count). The molecule has 0 aromatic carbocycles. The van der Waals surface area contributed by atoms with E-state index in [9.17, 15) is 14.4 Å². The lowest BCUT2D eigenvalue weighted by atomic mass is 9.72. The number of hydrogen-bond acceptors (Lipinski definition) is 5. The average Bonchev–Trinajstić information content (AvgIpc) is 2.90. The zero-order valence-electron chi connectivity index (χ0n) is 16.5. The van der Waals surface area contributed by atoms with Crippen molar-refractivity contribution >= 4 is 34.2 Å². The lowest BCUT2D eigenvalue weighted by Gasteiger charge is -2.33. The van der Waals surface area contributed by atoms with Crippen LogP contribution in [0, 0.1) is 11.3 Å². The Labute approximate surface area is 163 Å². The number of hydrogen-bond donors (Lipinski definition) is 2. The fourth-order valence-corrected chi connectivity index (χ4v) is 4.56. The van der Waals surface area contributed by atoms with E-state index in [1.807, 2.05) is 0 Å². The highest BCUT2D eigenvalue weighted by molar-refractivity contribution is 7.17. The van der Waals surface area contributed by atoms with Crippen molar-refractivity contribution in [3.63, 3.8) is 0 Å². The molecule has 1 aliphatic rings. The minimum Gasteiger partial charge on any atom is -0.478 e. The molecule has 1 aliphatic carbocycles. The molecule has 0 aliphatic heterocycles. The van der Waals surface area contributed by atoms with E-state index in [-0.39, 0.29) is 17.6 Å². The van der Waals surface area contributed by atoms with Gasteiger partial charge in [-0.3, -0.25) is 4.79 Å². The number of rotatable bonds is 5. The normalized spacial score (nSPS) is 17.2. The molecule has 0 radical (unpaired) electrons. The van der Waals surface area contributed by atoms with Crippen LogP contribution < -0.4 is 5.32 Å². The molecule has 7 heteroatoms. The topological polar surface area (TPSA) is 92.7 Å². The number of anilines is 1. The van der Waals surface area contributed by atoms with Gasteiger partial charge in [0.2, 0.25) is 5.91 Å². The van der Waals surface area contributed by atoms with Gasteiger partial charge in [-0.25, -0.2) is 9.59 Å². The lowest BCUT2D eigenvalue weighted by Crippen LogP contribution is -2.26. The molecule has 1 aromatic heterocycles. The van der Waals surface area contributed by atoms with E-state index in [1.165, 1.54) is 18.3 Å². The summed E-state index contributed by atoms with van der Waals surface area (Å²) >= 11 is 1.39. The molecule has 1 atom stereocenters. The van der Waals surface area contributed by atoms with Crippen LogP contribution in [0.25, 0.3) is 0 Å². The third kappa shape index (κ3) is 4.97. The zero-order valence-corrected chi connectivity index (χ0v) is 17.3. The predicted molar refractivity (Wildman–Crippen MR) is 105 cm³/mol. The van der Waals surface area contributed by atoms with Gasteiger partial charge in [-0.05, 0) is 50.0 Å². The Kier molecular flexibility index (Phi) is 6.46. The van der Waals surface area contributed by atoms with Crippen LogP contribution in [0.4, 0.5) is 5.00 Å². The molecular weight excluding hydrogens is 366 g/mol. The van der Waals surface area contributed by atoms with Crippen molar-refractivity contribution in [3.8, 4) is 0 Å². The van der Waals surface area contributed by atoms with Gasteiger partial charge in [0.1, 0.15) is 5.00 Å². The maximum atomic E-state index is 12.5. The molecule has 27 heavy (non-hydrogen) atoms. The average molecular weight is 394 g/mol. The SMILES string of the molecule is CCOC(=O)c1c(NC(=O)/C=C(\C)C(=O)O)sc2c1CC[C@H](C(C)(C)C)C2. The number of carboxylic acids is 1. The maximum Gasteiger partial charge on any atom is 0.341 e. The molecule has 1 heterocycles. The number of amides is 1. The Morgan fingerprint density at radius 1 is 1.33 bits per heavy atom. The first-order valence-electron chi connectivity index (χ1n) is 9.08. The van der Waals surface area contributed by atoms with Crippen molar-refractivity contribution in [2.75, 3.05) is 11.9 Å². The number of carbonyl (C=O) groups excluding carboxylic acids is 2. The first-order valence-corrected chi connectivity index (χ1v) is 9.90. The van der Waals surface area contributed by atoms with Gasteiger partial charge in [0.15, 0.2) is 0 Å². The largest absolute Gasteiger partial charge is 0.478 e. The first kappa shape index (κ1) is 21.2. The fraction of sp³-hybridized carbons (Fsp3) is 0.550. The molecule has 6 nitrogen and oxygen atoms in total. The molecule has 2 N–H and O–H groups in total. The van der Waals surface area contributed by atoms with Gasteiger partial charge < -0.3 is 15.2 Å². The van der Waals surface area contributed by atoms with Crippen molar-refractivity contribution in [2.45, 2.75) is 53.9 Å². The second-order valence-electron chi connectivity index (χ2n) is 7.86. The second kappa shape index (κ2) is 8.25. The molecule has 148 valence electrons. The summed E-state index contributed by atoms with van der Waals surface area (Å²) in [7, 11) is 0. The molecule has 0 saturated carbocycles. The van der Waals surface area contributed by atoms with Gasteiger partial charge in [-0.2, -0.15) is 0 Å². The van der Waals surface area contributed by atoms with Crippen LogP contribution in [0.1, 0.15) is 61.8 Å². The summed E-state index contributed by atoms with van der Waals surface area (Å²) in [4.78, 5) is 36.7. The number of thiophene rings is 1. The van der Waals surface area contributed by atoms with E-state index >= 15 is 0 Å². The summed E-state index contributed by atoms with van der Waals surface area (Å²) in [6, 6.07) is 0. The maximum absolute atomic E-state index is 12.5. The number of carbonyl (C=O) groups is 3. The molecule has 0 fully saturated rings. The quantitative estimate of drug-likeness (QED) is 0.582. The number of carboxylic acid groups (broad SMARTS) is 1. The Bertz CT molecular complexity index is 785. The zero-order chi connectivity index (χ0) is 20.4. The molecule has 0 bridgehead atoms. The summed E-state index contributed by atoms with van der Waals surface area (Å²) in [5, 5.41) is 12.1. The third-order valence-corrected chi connectivity index (χ3v) is 6.06. The highest BCUT2D eigenvalue weighted by Gasteiger charge is 2.34.